The second-order valence-electron chi connectivity index (χ2n) is 3.52. The van der Waals surface area contributed by atoms with Crippen LogP contribution in [0.1, 0.15) is 21.9 Å². The second-order valence-corrected chi connectivity index (χ2v) is 4.30. The van der Waals surface area contributed by atoms with Gasteiger partial charge in [-0.3, -0.25) is 0 Å². The monoisotopic (exact) mass is 280 g/mol. The Bertz CT molecular complexity index is 574. The summed E-state index contributed by atoms with van der Waals surface area (Å²) in [4.78, 5) is 16.2. The molecule has 0 atom stereocenters. The average Bonchev–Trinajstić information content (AvgIpc) is 3.08. The summed E-state index contributed by atoms with van der Waals surface area (Å²) in [5.41, 5.74) is 6.51. The van der Waals surface area contributed by atoms with Gasteiger partial charge < -0.3 is 19.7 Å². The number of hydrogen-bond donors (Lipinski definition) is 1. The summed E-state index contributed by atoms with van der Waals surface area (Å²) in [6.07, 6.45) is 0. The van der Waals surface area contributed by atoms with Crippen LogP contribution in [0, 0.1) is 0 Å². The van der Waals surface area contributed by atoms with Crippen LogP contribution >= 0.6 is 11.3 Å². The number of rotatable bonds is 5. The van der Waals surface area contributed by atoms with Gasteiger partial charge in [0.05, 0.1) is 7.11 Å². The molecule has 0 amide bonds. The maximum Gasteiger partial charge on any atom is 0.373 e. The fourth-order valence-electron chi connectivity index (χ4n) is 1.29. The van der Waals surface area contributed by atoms with Crippen molar-refractivity contribution in [2.24, 2.45) is 10.9 Å². The summed E-state index contributed by atoms with van der Waals surface area (Å²) >= 11 is 1.52. The number of carbonyl (C=O) groups excluding carboxylic acids is 1. The molecule has 2 heterocycles. The highest BCUT2D eigenvalue weighted by molar-refractivity contribution is 7.08. The van der Waals surface area contributed by atoms with Crippen molar-refractivity contribution in [3.05, 3.63) is 46.0 Å². The molecule has 100 valence electrons. The molecule has 0 aromatic carbocycles. The summed E-state index contributed by atoms with van der Waals surface area (Å²) < 4.78 is 9.72. The van der Waals surface area contributed by atoms with Crippen LogP contribution in [-0.4, -0.2) is 18.9 Å². The quantitative estimate of drug-likeness (QED) is 0.391. The first-order valence-electron chi connectivity index (χ1n) is 5.35. The molecule has 19 heavy (non-hydrogen) atoms. The predicted octanol–water partition coefficient (Wildman–Crippen LogP) is 1.96. The van der Waals surface area contributed by atoms with Crippen LogP contribution in [0.2, 0.25) is 0 Å². The lowest BCUT2D eigenvalue weighted by Gasteiger charge is -1.98. The van der Waals surface area contributed by atoms with Crippen molar-refractivity contribution in [2.45, 2.75) is 6.61 Å². The van der Waals surface area contributed by atoms with Crippen LogP contribution in [-0.2, 0) is 16.2 Å². The largest absolute Gasteiger partial charge is 0.463 e. The zero-order valence-corrected chi connectivity index (χ0v) is 11.0. The normalized spacial score (nSPS) is 11.3. The molecular formula is C12H12N2O4S. The zero-order valence-electron chi connectivity index (χ0n) is 10.2. The van der Waals surface area contributed by atoms with Crippen molar-refractivity contribution < 1.29 is 18.8 Å². The van der Waals surface area contributed by atoms with Gasteiger partial charge in [0.15, 0.2) is 12.4 Å². The van der Waals surface area contributed by atoms with Crippen LogP contribution in [0.5, 0.6) is 0 Å². The number of hydrogen-bond acceptors (Lipinski definition) is 6. The molecule has 0 spiro atoms. The number of nitrogens with zero attached hydrogens (tertiary/aromatic N) is 1. The Kier molecular flexibility index (Phi) is 4.19. The highest BCUT2D eigenvalue weighted by Gasteiger charge is 2.11. The van der Waals surface area contributed by atoms with E-state index in [0.717, 1.165) is 5.56 Å². The van der Waals surface area contributed by atoms with E-state index in [9.17, 15) is 4.79 Å². The van der Waals surface area contributed by atoms with Crippen LogP contribution in [0.15, 0.2) is 38.5 Å². The zero-order chi connectivity index (χ0) is 13.7. The number of thiophene rings is 1. The number of methoxy groups -OCH3 is 1. The maximum absolute atomic E-state index is 11.2. The summed E-state index contributed by atoms with van der Waals surface area (Å²) in [6.45, 7) is 0.0852. The van der Waals surface area contributed by atoms with Crippen molar-refractivity contribution >= 4 is 23.1 Å². The van der Waals surface area contributed by atoms with Gasteiger partial charge in [0.2, 0.25) is 5.76 Å². The van der Waals surface area contributed by atoms with Crippen LogP contribution in [0.3, 0.4) is 0 Å². The Balaban J connectivity index is 1.91. The number of oxime groups is 1. The highest BCUT2D eigenvalue weighted by Crippen LogP contribution is 2.11. The van der Waals surface area contributed by atoms with Gasteiger partial charge in [0, 0.05) is 10.9 Å². The second kappa shape index (κ2) is 6.05. The Hall–Kier alpha value is -2.28. The van der Waals surface area contributed by atoms with Gasteiger partial charge >= 0.3 is 5.97 Å². The minimum absolute atomic E-state index is 0.0852. The predicted molar refractivity (Wildman–Crippen MR) is 69.9 cm³/mol. The third-order valence-electron chi connectivity index (χ3n) is 2.23. The third kappa shape index (κ3) is 3.35. The summed E-state index contributed by atoms with van der Waals surface area (Å²) in [5.74, 6) is 0.340. The number of nitrogens with two attached hydrogens (primary N) is 1. The van der Waals surface area contributed by atoms with Gasteiger partial charge in [-0.1, -0.05) is 5.16 Å². The van der Waals surface area contributed by atoms with E-state index in [0.29, 0.717) is 11.6 Å². The van der Waals surface area contributed by atoms with Crippen LogP contribution < -0.4 is 5.73 Å². The van der Waals surface area contributed by atoms with Crippen molar-refractivity contribution in [3.63, 3.8) is 0 Å². The Labute approximate surface area is 113 Å². The number of esters is 1. The van der Waals surface area contributed by atoms with Gasteiger partial charge in [-0.25, -0.2) is 4.79 Å². The van der Waals surface area contributed by atoms with E-state index in [4.69, 9.17) is 15.0 Å². The Morgan fingerprint density at radius 1 is 1.47 bits per heavy atom. The minimum Gasteiger partial charge on any atom is -0.463 e. The molecule has 7 heteroatoms. The maximum atomic E-state index is 11.2. The van der Waals surface area contributed by atoms with E-state index < -0.39 is 5.97 Å². The first kappa shape index (κ1) is 13.2. The third-order valence-corrected chi connectivity index (χ3v) is 2.92. The molecule has 6 nitrogen and oxygen atoms in total. The van der Waals surface area contributed by atoms with Gasteiger partial charge in [0.1, 0.15) is 5.76 Å². The van der Waals surface area contributed by atoms with Crippen molar-refractivity contribution in [3.8, 4) is 0 Å². The standard InChI is InChI=1S/C12H12N2O4S/c1-16-12(15)10-3-2-9(18-10)6-17-14-11(13)8-4-5-19-7-8/h2-5,7H,6H2,1H3,(H2,13,14). The van der Waals surface area contributed by atoms with Crippen molar-refractivity contribution in [2.75, 3.05) is 7.11 Å². The topological polar surface area (TPSA) is 87.0 Å². The lowest BCUT2D eigenvalue weighted by molar-refractivity contribution is 0.0553. The number of carbonyl (C=O) groups is 1. The number of ether oxygens (including phenoxy) is 1. The SMILES string of the molecule is COC(=O)c1ccc(CON=C(N)c2ccsc2)o1. The molecule has 0 aliphatic carbocycles. The highest BCUT2D eigenvalue weighted by atomic mass is 32.1. The van der Waals surface area contributed by atoms with E-state index in [2.05, 4.69) is 9.89 Å². The Morgan fingerprint density at radius 3 is 3.00 bits per heavy atom. The molecular weight excluding hydrogens is 268 g/mol. The molecule has 2 rings (SSSR count). The summed E-state index contributed by atoms with van der Waals surface area (Å²) in [6, 6.07) is 4.97. The molecule has 2 N–H and O–H groups in total. The molecule has 0 unspecified atom stereocenters. The van der Waals surface area contributed by atoms with E-state index in [1.54, 1.807) is 6.07 Å². The van der Waals surface area contributed by atoms with E-state index in [1.165, 1.54) is 24.5 Å². The van der Waals surface area contributed by atoms with Gasteiger partial charge in [0.25, 0.3) is 0 Å². The molecule has 0 aliphatic heterocycles. The summed E-state index contributed by atoms with van der Waals surface area (Å²) in [7, 11) is 1.28. The lowest BCUT2D eigenvalue weighted by Crippen LogP contribution is -2.12. The molecule has 2 aromatic heterocycles. The van der Waals surface area contributed by atoms with E-state index in [1.807, 2.05) is 16.8 Å². The van der Waals surface area contributed by atoms with Gasteiger partial charge in [-0.2, -0.15) is 11.3 Å². The van der Waals surface area contributed by atoms with Crippen LogP contribution in [0.4, 0.5) is 0 Å². The molecule has 0 saturated carbocycles. The summed E-state index contributed by atoms with van der Waals surface area (Å²) in [5, 5.41) is 7.52. The molecule has 2 aromatic rings. The first-order chi connectivity index (χ1) is 9.20. The fourth-order valence-corrected chi connectivity index (χ4v) is 1.94. The first-order valence-corrected chi connectivity index (χ1v) is 6.30. The van der Waals surface area contributed by atoms with Crippen molar-refractivity contribution in [1.29, 1.82) is 0 Å². The minimum atomic E-state index is -0.535. The number of furan rings is 1. The molecule has 0 fully saturated rings. The van der Waals surface area contributed by atoms with Gasteiger partial charge in [-0.15, -0.1) is 0 Å². The average molecular weight is 280 g/mol. The Morgan fingerprint density at radius 2 is 2.32 bits per heavy atom. The molecule has 0 saturated heterocycles. The molecule has 0 radical (unpaired) electrons. The van der Waals surface area contributed by atoms with E-state index in [-0.39, 0.29) is 12.4 Å². The molecule has 0 bridgehead atoms. The van der Waals surface area contributed by atoms with Crippen molar-refractivity contribution in [1.82, 2.24) is 0 Å². The van der Waals surface area contributed by atoms with Crippen LogP contribution in [0.25, 0.3) is 0 Å². The lowest BCUT2D eigenvalue weighted by atomic mass is 10.3. The van der Waals surface area contributed by atoms with Gasteiger partial charge in [-0.05, 0) is 23.6 Å². The number of amidine groups is 1. The van der Waals surface area contributed by atoms with E-state index >= 15 is 0 Å². The fraction of sp³-hybridized carbons (Fsp3) is 0.167. The smallest absolute Gasteiger partial charge is 0.373 e. The molecule has 0 aliphatic rings.